The van der Waals surface area contributed by atoms with Crippen molar-refractivity contribution >= 4 is 23.7 Å². The highest BCUT2D eigenvalue weighted by Crippen LogP contribution is 2.33. The van der Waals surface area contributed by atoms with Crippen LogP contribution in [0.2, 0.25) is 0 Å². The molecule has 9 heteroatoms. The Balaban J connectivity index is 1.52. The normalized spacial score (nSPS) is 24.4. The van der Waals surface area contributed by atoms with E-state index in [1.54, 1.807) is 35.4 Å². The van der Waals surface area contributed by atoms with Gasteiger partial charge in [-0.3, -0.25) is 14.9 Å². The second kappa shape index (κ2) is 9.06. The molecule has 0 bridgehead atoms. The van der Waals surface area contributed by atoms with Crippen molar-refractivity contribution < 1.29 is 19.5 Å². The summed E-state index contributed by atoms with van der Waals surface area (Å²) in [6, 6.07) is 7.93. The molecule has 0 unspecified atom stereocenters. The smallest absolute Gasteiger partial charge is 0.322 e. The molecule has 4 rings (SSSR count). The Labute approximate surface area is 198 Å². The molecular weight excluding hydrogens is 434 g/mol. The topological polar surface area (TPSA) is 124 Å². The van der Waals surface area contributed by atoms with Gasteiger partial charge >= 0.3 is 6.03 Å². The number of pyridine rings is 1. The van der Waals surface area contributed by atoms with Crippen molar-refractivity contribution in [2.24, 2.45) is 5.92 Å². The zero-order chi connectivity index (χ0) is 24.6. The Morgan fingerprint density at radius 2 is 1.97 bits per heavy atom. The molecule has 3 atom stereocenters. The van der Waals surface area contributed by atoms with Crippen LogP contribution >= 0.6 is 0 Å². The molecule has 2 aliphatic heterocycles. The van der Waals surface area contributed by atoms with E-state index < -0.39 is 17.5 Å². The van der Waals surface area contributed by atoms with Gasteiger partial charge in [0, 0.05) is 24.3 Å². The van der Waals surface area contributed by atoms with E-state index in [2.05, 4.69) is 27.0 Å². The fourth-order valence-corrected chi connectivity index (χ4v) is 4.96. The van der Waals surface area contributed by atoms with E-state index in [4.69, 9.17) is 0 Å². The Morgan fingerprint density at radius 3 is 2.53 bits per heavy atom. The number of hydrogen-bond acceptors (Lipinski definition) is 6. The average molecular weight is 466 g/mol. The molecule has 2 saturated heterocycles. The average Bonchev–Trinajstić information content (AvgIpc) is 3.35. The van der Waals surface area contributed by atoms with Crippen LogP contribution in [-0.2, 0) is 10.3 Å². The number of aryl methyl sites for hydroxylation is 2. The Bertz CT molecular complexity index is 1120. The molecule has 1 aromatic carbocycles. The molecule has 180 valence electrons. The van der Waals surface area contributed by atoms with Crippen LogP contribution in [0.3, 0.4) is 0 Å². The first-order chi connectivity index (χ1) is 16.1. The number of aliphatic hydroxyl groups excluding tert-OH is 1. The van der Waals surface area contributed by atoms with Gasteiger partial charge in [0.15, 0.2) is 0 Å². The van der Waals surface area contributed by atoms with Gasteiger partial charge in [-0.25, -0.2) is 9.78 Å². The minimum Gasteiger partial charge on any atom is -0.394 e. The van der Waals surface area contributed by atoms with Crippen LogP contribution in [0.5, 0.6) is 0 Å². The standard InChI is InChI=1S/C25H31N5O4/c1-14(2)25(23(33)28-24(34)29-25)18-7-5-17(6-8-18)22(32)30-12-19(10-20(30)13-31)27-21-16(4)9-15(3)11-26-21/h5-9,11,14,19-20,31H,10,12-13H2,1-4H3,(H,26,27)(H2,28,29,33,34)/t19-,20-,25+/m0/s1. The van der Waals surface area contributed by atoms with Crippen molar-refractivity contribution in [1.82, 2.24) is 20.5 Å². The quantitative estimate of drug-likeness (QED) is 0.485. The molecule has 0 spiro atoms. The lowest BCUT2D eigenvalue weighted by atomic mass is 9.79. The lowest BCUT2D eigenvalue weighted by molar-refractivity contribution is -0.125. The van der Waals surface area contributed by atoms with Crippen molar-refractivity contribution in [3.8, 4) is 0 Å². The van der Waals surface area contributed by atoms with Crippen molar-refractivity contribution in [1.29, 1.82) is 0 Å². The van der Waals surface area contributed by atoms with Crippen molar-refractivity contribution in [3.63, 3.8) is 0 Å². The molecule has 2 aromatic rings. The van der Waals surface area contributed by atoms with Gasteiger partial charge in [-0.05, 0) is 55.0 Å². The largest absolute Gasteiger partial charge is 0.394 e. The molecule has 3 heterocycles. The molecule has 0 radical (unpaired) electrons. The van der Waals surface area contributed by atoms with Crippen molar-refractivity contribution in [2.75, 3.05) is 18.5 Å². The lowest BCUT2D eigenvalue weighted by Gasteiger charge is -2.31. The van der Waals surface area contributed by atoms with Crippen LogP contribution in [0.25, 0.3) is 0 Å². The van der Waals surface area contributed by atoms with Gasteiger partial charge in [-0.1, -0.05) is 32.0 Å². The number of nitrogens with zero attached hydrogens (tertiary/aromatic N) is 2. The maximum atomic E-state index is 13.3. The Hall–Kier alpha value is -3.46. The van der Waals surface area contributed by atoms with Gasteiger partial charge in [-0.15, -0.1) is 0 Å². The number of benzene rings is 1. The van der Waals surface area contributed by atoms with Crippen LogP contribution in [0.4, 0.5) is 10.6 Å². The molecule has 0 saturated carbocycles. The molecule has 34 heavy (non-hydrogen) atoms. The number of aliphatic hydroxyl groups is 1. The van der Waals surface area contributed by atoms with E-state index >= 15 is 0 Å². The van der Waals surface area contributed by atoms with Crippen molar-refractivity contribution in [2.45, 2.75) is 51.7 Å². The zero-order valence-electron chi connectivity index (χ0n) is 19.9. The predicted molar refractivity (Wildman–Crippen MR) is 127 cm³/mol. The minimum atomic E-state index is -1.17. The summed E-state index contributed by atoms with van der Waals surface area (Å²) < 4.78 is 0. The van der Waals surface area contributed by atoms with E-state index in [0.717, 1.165) is 16.9 Å². The Morgan fingerprint density at radius 1 is 1.26 bits per heavy atom. The highest BCUT2D eigenvalue weighted by Gasteiger charge is 2.50. The monoisotopic (exact) mass is 465 g/mol. The highest BCUT2D eigenvalue weighted by molar-refractivity contribution is 6.07. The third-order valence-corrected chi connectivity index (χ3v) is 6.79. The van der Waals surface area contributed by atoms with Crippen LogP contribution < -0.4 is 16.0 Å². The summed E-state index contributed by atoms with van der Waals surface area (Å²) in [5, 5.41) is 18.4. The van der Waals surface area contributed by atoms with Crippen LogP contribution in [0.1, 0.15) is 47.3 Å². The van der Waals surface area contributed by atoms with E-state index in [9.17, 15) is 19.5 Å². The third-order valence-electron chi connectivity index (χ3n) is 6.79. The zero-order valence-corrected chi connectivity index (χ0v) is 19.9. The van der Waals surface area contributed by atoms with Gasteiger partial charge in [-0.2, -0.15) is 0 Å². The van der Waals surface area contributed by atoms with Gasteiger partial charge < -0.3 is 20.6 Å². The molecule has 4 amide bonds. The predicted octanol–water partition coefficient (Wildman–Crippen LogP) is 2.08. The highest BCUT2D eigenvalue weighted by atomic mass is 16.3. The molecule has 0 aliphatic carbocycles. The summed E-state index contributed by atoms with van der Waals surface area (Å²) in [5.74, 6) is -0.00674. The number of anilines is 1. The van der Waals surface area contributed by atoms with E-state index in [1.165, 1.54) is 0 Å². The lowest BCUT2D eigenvalue weighted by Crippen LogP contribution is -2.48. The number of amides is 4. The number of rotatable bonds is 6. The van der Waals surface area contributed by atoms with E-state index in [1.807, 2.05) is 27.7 Å². The number of nitrogens with one attached hydrogen (secondary N) is 3. The molecule has 2 aliphatic rings. The molecule has 9 nitrogen and oxygen atoms in total. The summed E-state index contributed by atoms with van der Waals surface area (Å²) in [4.78, 5) is 43.9. The van der Waals surface area contributed by atoms with Gasteiger partial charge in [0.1, 0.15) is 11.4 Å². The summed E-state index contributed by atoms with van der Waals surface area (Å²) in [6.45, 7) is 8.00. The maximum Gasteiger partial charge on any atom is 0.322 e. The minimum absolute atomic E-state index is 0.0316. The number of carbonyl (C=O) groups is 3. The second-order valence-electron chi connectivity index (χ2n) is 9.50. The van der Waals surface area contributed by atoms with E-state index in [0.29, 0.717) is 24.1 Å². The first kappa shape index (κ1) is 23.7. The second-order valence-corrected chi connectivity index (χ2v) is 9.50. The first-order valence-corrected chi connectivity index (χ1v) is 11.5. The molecular formula is C25H31N5O4. The summed E-state index contributed by atoms with van der Waals surface area (Å²) >= 11 is 0. The van der Waals surface area contributed by atoms with Crippen LogP contribution in [0.15, 0.2) is 36.5 Å². The Kier molecular flexibility index (Phi) is 6.31. The molecule has 4 N–H and O–H groups in total. The molecule has 2 fully saturated rings. The fourth-order valence-electron chi connectivity index (χ4n) is 4.96. The van der Waals surface area contributed by atoms with Crippen LogP contribution in [0, 0.1) is 19.8 Å². The summed E-state index contributed by atoms with van der Waals surface area (Å²) in [5.41, 5.74) is 2.01. The SMILES string of the molecule is Cc1cnc(N[C@H]2C[C@@H](CO)N(C(=O)c3ccc([C@@]4(C(C)C)NC(=O)NC4=O)cc3)C2)c(C)c1. The first-order valence-electron chi connectivity index (χ1n) is 11.5. The number of hydrogen-bond donors (Lipinski definition) is 4. The number of aromatic nitrogens is 1. The number of imide groups is 1. The molecule has 1 aromatic heterocycles. The number of urea groups is 1. The summed E-state index contributed by atoms with van der Waals surface area (Å²) in [6.07, 6.45) is 2.41. The van der Waals surface area contributed by atoms with Gasteiger partial charge in [0.2, 0.25) is 0 Å². The van der Waals surface area contributed by atoms with Gasteiger partial charge in [0.25, 0.3) is 11.8 Å². The van der Waals surface area contributed by atoms with Gasteiger partial charge in [0.05, 0.1) is 12.6 Å². The van der Waals surface area contributed by atoms with E-state index in [-0.39, 0.29) is 30.5 Å². The maximum absolute atomic E-state index is 13.3. The summed E-state index contributed by atoms with van der Waals surface area (Å²) in [7, 11) is 0. The number of carbonyl (C=O) groups excluding carboxylic acids is 3. The van der Waals surface area contributed by atoms with Crippen molar-refractivity contribution in [3.05, 3.63) is 58.8 Å². The fraction of sp³-hybridized carbons (Fsp3) is 0.440. The number of likely N-dealkylation sites (tertiary alicyclic amines) is 1. The van der Waals surface area contributed by atoms with Crippen LogP contribution in [-0.4, -0.2) is 58.1 Å². The third kappa shape index (κ3) is 4.11.